The van der Waals surface area contributed by atoms with Crippen molar-refractivity contribution in [2.45, 2.75) is 39.0 Å². The molecule has 0 radical (unpaired) electrons. The van der Waals surface area contributed by atoms with Gasteiger partial charge in [0.1, 0.15) is 0 Å². The van der Waals surface area contributed by atoms with Gasteiger partial charge in [-0.15, -0.1) is 0 Å². The Balaban J connectivity index is 1.88. The Kier molecular flexibility index (Phi) is 8.20. The van der Waals surface area contributed by atoms with Gasteiger partial charge in [-0.1, -0.05) is 66.7 Å². The smallest absolute Gasteiger partial charge is 0.0867 e. The van der Waals surface area contributed by atoms with E-state index < -0.39 is 0 Å². The molecule has 0 saturated carbocycles. The van der Waals surface area contributed by atoms with E-state index in [-0.39, 0.29) is 0 Å². The minimum absolute atomic E-state index is 0.766. The molecule has 0 fully saturated rings. The van der Waals surface area contributed by atoms with Gasteiger partial charge in [0.25, 0.3) is 0 Å². The van der Waals surface area contributed by atoms with Gasteiger partial charge in [0, 0.05) is 0 Å². The predicted octanol–water partition coefficient (Wildman–Crippen LogP) is 4.77. The minimum Gasteiger partial charge on any atom is -0.411 e. The molecule has 1 N–H and O–H groups in total. The Morgan fingerprint density at radius 1 is 0.920 bits per heavy atom. The highest BCUT2D eigenvalue weighted by molar-refractivity contribution is 6.00. The maximum Gasteiger partial charge on any atom is 0.0867 e. The van der Waals surface area contributed by atoms with E-state index in [1.165, 1.54) is 17.5 Å². The number of aryl methyl sites for hydroxylation is 2. The second-order valence-electron chi connectivity index (χ2n) is 6.53. The molecule has 0 bridgehead atoms. The maximum atomic E-state index is 9.31. The number of benzene rings is 2. The largest absolute Gasteiger partial charge is 0.411 e. The Labute approximate surface area is 152 Å². The monoisotopic (exact) mass is 338 g/mol. The van der Waals surface area contributed by atoms with Crippen LogP contribution in [-0.2, 0) is 12.8 Å². The fraction of sp³-hybridized carbons (Fsp3) is 0.409. The van der Waals surface area contributed by atoms with Gasteiger partial charge < -0.3 is 10.1 Å². The second kappa shape index (κ2) is 10.7. The van der Waals surface area contributed by atoms with Crippen LogP contribution in [0.5, 0.6) is 0 Å². The van der Waals surface area contributed by atoms with E-state index in [1.54, 1.807) is 0 Å². The summed E-state index contributed by atoms with van der Waals surface area (Å²) in [6.07, 6.45) is 5.11. The zero-order chi connectivity index (χ0) is 17.9. The van der Waals surface area contributed by atoms with Gasteiger partial charge in [-0.2, -0.15) is 0 Å². The number of hydrogen-bond acceptors (Lipinski definition) is 3. The van der Waals surface area contributed by atoms with E-state index in [1.807, 2.05) is 30.3 Å². The summed E-state index contributed by atoms with van der Waals surface area (Å²) in [5.41, 5.74) is 4.64. The molecule has 0 aromatic heterocycles. The number of rotatable bonds is 10. The standard InChI is InChI=1S/C22H30N2O/c1-3-24(2)18-10-16-20-12-8-7-11-19(20)15-9-17-22(23-25)21-13-5-4-6-14-21/h4-8,11-14,25H,3,9-10,15-18H2,1-2H3. The lowest BCUT2D eigenvalue weighted by Gasteiger charge is -2.14. The minimum atomic E-state index is 0.766. The van der Waals surface area contributed by atoms with E-state index in [2.05, 4.69) is 48.3 Å². The molecule has 0 amide bonds. The Morgan fingerprint density at radius 3 is 2.12 bits per heavy atom. The van der Waals surface area contributed by atoms with Crippen LogP contribution in [0.3, 0.4) is 0 Å². The van der Waals surface area contributed by atoms with Crippen LogP contribution in [-0.4, -0.2) is 36.0 Å². The van der Waals surface area contributed by atoms with Crippen LogP contribution in [0, 0.1) is 0 Å². The van der Waals surface area contributed by atoms with E-state index >= 15 is 0 Å². The molecule has 25 heavy (non-hydrogen) atoms. The van der Waals surface area contributed by atoms with Crippen LogP contribution >= 0.6 is 0 Å². The molecule has 0 unspecified atom stereocenters. The molecule has 2 aromatic rings. The van der Waals surface area contributed by atoms with Crippen molar-refractivity contribution in [3.8, 4) is 0 Å². The first-order chi connectivity index (χ1) is 12.2. The van der Waals surface area contributed by atoms with Crippen molar-refractivity contribution in [3.05, 3.63) is 71.3 Å². The first-order valence-corrected chi connectivity index (χ1v) is 9.26. The Morgan fingerprint density at radius 2 is 1.52 bits per heavy atom. The topological polar surface area (TPSA) is 35.8 Å². The molecule has 0 aliphatic carbocycles. The Hall–Kier alpha value is -2.13. The van der Waals surface area contributed by atoms with E-state index in [4.69, 9.17) is 0 Å². The highest BCUT2D eigenvalue weighted by atomic mass is 16.4. The molecule has 3 heteroatoms. The third kappa shape index (κ3) is 6.35. The summed E-state index contributed by atoms with van der Waals surface area (Å²) in [6.45, 7) is 4.44. The van der Waals surface area contributed by atoms with Crippen LogP contribution in [0.2, 0.25) is 0 Å². The van der Waals surface area contributed by atoms with Gasteiger partial charge in [-0.05, 0) is 68.9 Å². The number of oxime groups is 1. The SMILES string of the molecule is CCN(C)CCCc1ccccc1CCCC(=NO)c1ccccc1. The number of nitrogens with zero attached hydrogens (tertiary/aromatic N) is 2. The number of hydrogen-bond donors (Lipinski definition) is 1. The lowest BCUT2D eigenvalue weighted by molar-refractivity contribution is 0.318. The maximum absolute atomic E-state index is 9.31. The molecule has 0 heterocycles. The third-order valence-electron chi connectivity index (χ3n) is 4.73. The zero-order valence-electron chi connectivity index (χ0n) is 15.5. The molecular weight excluding hydrogens is 308 g/mol. The van der Waals surface area contributed by atoms with Crippen molar-refractivity contribution >= 4 is 5.71 Å². The average molecular weight is 338 g/mol. The van der Waals surface area contributed by atoms with E-state index in [0.717, 1.165) is 50.0 Å². The van der Waals surface area contributed by atoms with Crippen molar-refractivity contribution in [1.29, 1.82) is 0 Å². The van der Waals surface area contributed by atoms with Crippen LogP contribution in [0.4, 0.5) is 0 Å². The first-order valence-electron chi connectivity index (χ1n) is 9.26. The molecule has 0 aliphatic rings. The predicted molar refractivity (Wildman–Crippen MR) is 106 cm³/mol. The molecule has 3 nitrogen and oxygen atoms in total. The summed E-state index contributed by atoms with van der Waals surface area (Å²) in [7, 11) is 2.17. The van der Waals surface area contributed by atoms with Gasteiger partial charge in [-0.25, -0.2) is 0 Å². The molecule has 134 valence electrons. The summed E-state index contributed by atoms with van der Waals surface area (Å²) in [4.78, 5) is 2.35. The van der Waals surface area contributed by atoms with Gasteiger partial charge in [0.2, 0.25) is 0 Å². The van der Waals surface area contributed by atoms with Crippen molar-refractivity contribution < 1.29 is 5.21 Å². The summed E-state index contributed by atoms with van der Waals surface area (Å²) in [6, 6.07) is 18.6. The summed E-state index contributed by atoms with van der Waals surface area (Å²) in [5, 5.41) is 12.8. The summed E-state index contributed by atoms with van der Waals surface area (Å²) < 4.78 is 0. The first kappa shape index (κ1) is 19.2. The van der Waals surface area contributed by atoms with E-state index in [9.17, 15) is 5.21 Å². The molecule has 0 atom stereocenters. The molecule has 0 aliphatic heterocycles. The average Bonchev–Trinajstić information content (AvgIpc) is 2.67. The lowest BCUT2D eigenvalue weighted by atomic mass is 9.96. The molecule has 2 rings (SSSR count). The van der Waals surface area contributed by atoms with Crippen molar-refractivity contribution in [3.63, 3.8) is 0 Å². The highest BCUT2D eigenvalue weighted by Gasteiger charge is 2.06. The summed E-state index contributed by atoms with van der Waals surface area (Å²) in [5.74, 6) is 0. The molecular formula is C22H30N2O. The van der Waals surface area contributed by atoms with E-state index in [0.29, 0.717) is 0 Å². The highest BCUT2D eigenvalue weighted by Crippen LogP contribution is 2.16. The second-order valence-corrected chi connectivity index (χ2v) is 6.53. The lowest BCUT2D eigenvalue weighted by Crippen LogP contribution is -2.19. The van der Waals surface area contributed by atoms with Crippen molar-refractivity contribution in [2.24, 2.45) is 5.16 Å². The summed E-state index contributed by atoms with van der Waals surface area (Å²) >= 11 is 0. The van der Waals surface area contributed by atoms with Gasteiger partial charge in [-0.3, -0.25) is 0 Å². The molecule has 2 aromatic carbocycles. The van der Waals surface area contributed by atoms with Crippen LogP contribution in [0.25, 0.3) is 0 Å². The van der Waals surface area contributed by atoms with Crippen molar-refractivity contribution in [1.82, 2.24) is 4.90 Å². The zero-order valence-corrected chi connectivity index (χ0v) is 15.5. The Bertz CT molecular complexity index is 652. The van der Waals surface area contributed by atoms with Crippen LogP contribution in [0.15, 0.2) is 59.8 Å². The normalized spacial score (nSPS) is 11.9. The van der Waals surface area contributed by atoms with Crippen molar-refractivity contribution in [2.75, 3.05) is 20.1 Å². The van der Waals surface area contributed by atoms with Crippen LogP contribution in [0.1, 0.15) is 42.9 Å². The van der Waals surface area contributed by atoms with Gasteiger partial charge >= 0.3 is 0 Å². The van der Waals surface area contributed by atoms with Gasteiger partial charge in [0.05, 0.1) is 5.71 Å². The fourth-order valence-electron chi connectivity index (χ4n) is 3.07. The van der Waals surface area contributed by atoms with Gasteiger partial charge in [0.15, 0.2) is 0 Å². The van der Waals surface area contributed by atoms with Crippen LogP contribution < -0.4 is 0 Å². The third-order valence-corrected chi connectivity index (χ3v) is 4.73. The fourth-order valence-corrected chi connectivity index (χ4v) is 3.07. The molecule has 0 saturated heterocycles. The quantitative estimate of drug-likeness (QED) is 0.385. The molecule has 0 spiro atoms.